The highest BCUT2D eigenvalue weighted by molar-refractivity contribution is 6.07. The Morgan fingerprint density at radius 3 is 2.53 bits per heavy atom. The number of aliphatic hydroxyl groups is 2. The van der Waals surface area contributed by atoms with E-state index < -0.39 is 17.4 Å². The number of carbonyl (C=O) groups is 2. The maximum absolute atomic E-state index is 13.5. The molecule has 0 spiro atoms. The number of amides is 2. The van der Waals surface area contributed by atoms with Crippen LogP contribution in [0.15, 0.2) is 54.6 Å². The maximum Gasteiger partial charge on any atom is 0.264 e. The van der Waals surface area contributed by atoms with E-state index in [0.29, 0.717) is 36.4 Å². The number of methoxy groups -OCH3 is 1. The molecule has 168 valence electrons. The van der Waals surface area contributed by atoms with Gasteiger partial charge in [0.1, 0.15) is 5.75 Å². The van der Waals surface area contributed by atoms with Crippen LogP contribution in [0.5, 0.6) is 5.75 Å². The van der Waals surface area contributed by atoms with Gasteiger partial charge in [-0.3, -0.25) is 9.59 Å². The van der Waals surface area contributed by atoms with Crippen LogP contribution in [0.25, 0.3) is 0 Å². The zero-order chi connectivity index (χ0) is 22.9. The van der Waals surface area contributed by atoms with E-state index in [2.05, 4.69) is 0 Å². The van der Waals surface area contributed by atoms with Gasteiger partial charge >= 0.3 is 0 Å². The number of ether oxygens (including phenoxy) is 1. The fourth-order valence-corrected chi connectivity index (χ4v) is 4.28. The van der Waals surface area contributed by atoms with Crippen molar-refractivity contribution in [3.63, 3.8) is 0 Å². The van der Waals surface area contributed by atoms with E-state index in [9.17, 15) is 14.7 Å². The quantitative estimate of drug-likeness (QED) is 0.491. The molecule has 4 rings (SSSR count). The van der Waals surface area contributed by atoms with Gasteiger partial charge in [0, 0.05) is 36.7 Å². The van der Waals surface area contributed by atoms with E-state index in [1.54, 1.807) is 54.2 Å². The molecule has 2 aliphatic rings. The number of hydrogen-bond acceptors (Lipinski definition) is 5. The average Bonchev–Trinajstić information content (AvgIpc) is 3.01. The highest BCUT2D eigenvalue weighted by Gasteiger charge is 2.52. The monoisotopic (exact) mass is 436 g/mol. The number of benzene rings is 2. The summed E-state index contributed by atoms with van der Waals surface area (Å²) in [5, 5.41) is 20.7. The van der Waals surface area contributed by atoms with E-state index >= 15 is 0 Å². The summed E-state index contributed by atoms with van der Waals surface area (Å²) < 4.78 is 5.34. The zero-order valence-corrected chi connectivity index (χ0v) is 18.3. The van der Waals surface area contributed by atoms with Crippen molar-refractivity contribution in [2.45, 2.75) is 31.9 Å². The Hall–Kier alpha value is -3.16. The third kappa shape index (κ3) is 3.67. The lowest BCUT2D eigenvalue weighted by Crippen LogP contribution is -2.44. The molecule has 0 radical (unpaired) electrons. The molecule has 7 heteroatoms. The fraction of sp³-hybridized carbons (Fsp3) is 0.360. The topological polar surface area (TPSA) is 90.3 Å². The predicted molar refractivity (Wildman–Crippen MR) is 121 cm³/mol. The standard InChI is InChI=1S/C25H28N2O5/c1-17(5-3-4-14-28)25(31)21-15-20(32-2)10-11-22(21)27(24(25)30)16-18-6-8-19(9-7-18)26-13-12-23(26)29/h3,5-11,15,17,28,31H,4,12-14,16H2,1-2H3/b5-3+/t17-,25+/m0/s1. The highest BCUT2D eigenvalue weighted by Crippen LogP contribution is 2.47. The molecule has 0 bridgehead atoms. The summed E-state index contributed by atoms with van der Waals surface area (Å²) in [4.78, 5) is 28.5. The van der Waals surface area contributed by atoms with Crippen molar-refractivity contribution in [1.29, 1.82) is 0 Å². The van der Waals surface area contributed by atoms with Gasteiger partial charge in [-0.05, 0) is 42.3 Å². The smallest absolute Gasteiger partial charge is 0.264 e. The van der Waals surface area contributed by atoms with Crippen molar-refractivity contribution in [1.82, 2.24) is 0 Å². The van der Waals surface area contributed by atoms with Crippen molar-refractivity contribution in [2.24, 2.45) is 5.92 Å². The fourth-order valence-electron chi connectivity index (χ4n) is 4.28. The Bertz CT molecular complexity index is 1050. The SMILES string of the molecule is COc1ccc2c(c1)[C@](O)([C@@H](C)/C=C/CCO)C(=O)N2Cc1ccc(N2CCC2=O)cc1. The van der Waals surface area contributed by atoms with Gasteiger partial charge in [-0.1, -0.05) is 31.2 Å². The molecule has 2 N–H and O–H groups in total. The van der Waals surface area contributed by atoms with Crippen molar-refractivity contribution < 1.29 is 24.5 Å². The largest absolute Gasteiger partial charge is 0.497 e. The summed E-state index contributed by atoms with van der Waals surface area (Å²) in [5.74, 6) is -0.225. The molecule has 2 aliphatic heterocycles. The lowest BCUT2D eigenvalue weighted by atomic mass is 9.83. The van der Waals surface area contributed by atoms with Gasteiger partial charge in [-0.15, -0.1) is 0 Å². The van der Waals surface area contributed by atoms with Crippen molar-refractivity contribution in [2.75, 3.05) is 30.1 Å². The van der Waals surface area contributed by atoms with Crippen LogP contribution in [-0.2, 0) is 21.7 Å². The summed E-state index contributed by atoms with van der Waals surface area (Å²) in [6.45, 7) is 2.82. The summed E-state index contributed by atoms with van der Waals surface area (Å²) >= 11 is 0. The van der Waals surface area contributed by atoms with E-state index in [1.165, 1.54) is 0 Å². The molecule has 2 aromatic carbocycles. The Morgan fingerprint density at radius 2 is 1.94 bits per heavy atom. The van der Waals surface area contributed by atoms with Crippen LogP contribution in [-0.4, -0.2) is 42.3 Å². The Morgan fingerprint density at radius 1 is 1.19 bits per heavy atom. The van der Waals surface area contributed by atoms with Crippen LogP contribution >= 0.6 is 0 Å². The van der Waals surface area contributed by atoms with E-state index in [0.717, 1.165) is 17.8 Å². The first-order chi connectivity index (χ1) is 15.4. The minimum Gasteiger partial charge on any atom is -0.497 e. The van der Waals surface area contributed by atoms with Crippen LogP contribution < -0.4 is 14.5 Å². The predicted octanol–water partition coefficient (Wildman–Crippen LogP) is 2.74. The van der Waals surface area contributed by atoms with E-state index in [-0.39, 0.29) is 12.5 Å². The number of anilines is 2. The second kappa shape index (κ2) is 8.76. The Balaban J connectivity index is 1.64. The zero-order valence-electron chi connectivity index (χ0n) is 18.3. The van der Waals surface area contributed by atoms with Crippen LogP contribution in [0.2, 0.25) is 0 Å². The van der Waals surface area contributed by atoms with Gasteiger partial charge in [0.2, 0.25) is 5.91 Å². The first kappa shape index (κ1) is 22.0. The number of rotatable bonds is 8. The molecule has 1 fully saturated rings. The number of fused-ring (bicyclic) bond motifs is 1. The molecule has 7 nitrogen and oxygen atoms in total. The van der Waals surface area contributed by atoms with Gasteiger partial charge in [0.05, 0.1) is 19.3 Å². The molecule has 2 aromatic rings. The Kier molecular flexibility index (Phi) is 6.04. The van der Waals surface area contributed by atoms with Crippen LogP contribution in [0.1, 0.15) is 30.9 Å². The number of β-lactam (4-membered cyclic amide) rings is 1. The van der Waals surface area contributed by atoms with Crippen molar-refractivity contribution in [3.05, 3.63) is 65.7 Å². The van der Waals surface area contributed by atoms with E-state index in [1.807, 2.05) is 24.3 Å². The van der Waals surface area contributed by atoms with Gasteiger partial charge in [0.25, 0.3) is 5.91 Å². The van der Waals surface area contributed by atoms with Gasteiger partial charge in [0.15, 0.2) is 5.60 Å². The lowest BCUT2D eigenvalue weighted by Gasteiger charge is -2.31. The molecule has 2 amide bonds. The molecule has 2 heterocycles. The summed E-state index contributed by atoms with van der Waals surface area (Å²) in [7, 11) is 1.55. The molecular formula is C25H28N2O5. The molecular weight excluding hydrogens is 408 g/mol. The van der Waals surface area contributed by atoms with Crippen molar-refractivity contribution in [3.8, 4) is 5.75 Å². The number of nitrogens with zero attached hydrogens (tertiary/aromatic N) is 2. The maximum atomic E-state index is 13.5. The second-order valence-corrected chi connectivity index (χ2v) is 8.23. The molecule has 32 heavy (non-hydrogen) atoms. The first-order valence-corrected chi connectivity index (χ1v) is 10.8. The van der Waals surface area contributed by atoms with Gasteiger partial charge < -0.3 is 24.7 Å². The molecule has 1 saturated heterocycles. The molecule has 0 unspecified atom stereocenters. The minimum absolute atomic E-state index is 0.00511. The summed E-state index contributed by atoms with van der Waals surface area (Å²) in [6, 6.07) is 12.8. The first-order valence-electron chi connectivity index (χ1n) is 10.8. The summed E-state index contributed by atoms with van der Waals surface area (Å²) in [6.07, 6.45) is 4.57. The van der Waals surface area contributed by atoms with Crippen LogP contribution in [0.4, 0.5) is 11.4 Å². The van der Waals surface area contributed by atoms with Crippen LogP contribution in [0.3, 0.4) is 0 Å². The normalized spacial score (nSPS) is 21.1. The van der Waals surface area contributed by atoms with Crippen LogP contribution in [0, 0.1) is 5.92 Å². The molecule has 2 atom stereocenters. The molecule has 0 aromatic heterocycles. The Labute approximate surface area is 187 Å². The van der Waals surface area contributed by atoms with Gasteiger partial charge in [-0.2, -0.15) is 0 Å². The highest BCUT2D eigenvalue weighted by atomic mass is 16.5. The lowest BCUT2D eigenvalue weighted by molar-refractivity contribution is -0.139. The average molecular weight is 437 g/mol. The number of carbonyl (C=O) groups excluding carboxylic acids is 2. The number of hydrogen-bond donors (Lipinski definition) is 2. The molecule has 0 aliphatic carbocycles. The van der Waals surface area contributed by atoms with E-state index in [4.69, 9.17) is 9.84 Å². The second-order valence-electron chi connectivity index (χ2n) is 8.23. The third-order valence-corrected chi connectivity index (χ3v) is 6.29. The van der Waals surface area contributed by atoms with Crippen molar-refractivity contribution >= 4 is 23.2 Å². The minimum atomic E-state index is -1.74. The summed E-state index contributed by atoms with van der Waals surface area (Å²) in [5.41, 5.74) is 1.15. The number of aliphatic hydroxyl groups excluding tert-OH is 1. The van der Waals surface area contributed by atoms with Gasteiger partial charge in [-0.25, -0.2) is 0 Å². The third-order valence-electron chi connectivity index (χ3n) is 6.29. The molecule has 0 saturated carbocycles.